The Labute approximate surface area is 67.7 Å². The maximum absolute atomic E-state index is 10.6. The van der Waals surface area contributed by atoms with Crippen molar-refractivity contribution in [3.8, 4) is 0 Å². The summed E-state index contributed by atoms with van der Waals surface area (Å²) in [6, 6.07) is 0. The molecule has 1 aromatic heterocycles. The predicted molar refractivity (Wildman–Crippen MR) is 41.3 cm³/mol. The molecule has 1 aromatic rings. The highest BCUT2D eigenvalue weighted by molar-refractivity contribution is 7.09. The molecule has 0 aliphatic carbocycles. The fourth-order valence-electron chi connectivity index (χ4n) is 0.578. The molecule has 0 spiro atoms. The molecule has 0 bridgehead atoms. The van der Waals surface area contributed by atoms with Crippen molar-refractivity contribution in [2.24, 2.45) is 5.73 Å². The number of carbonyl (C=O) groups is 1. The molecule has 4 nitrogen and oxygen atoms in total. The molecule has 0 aromatic carbocycles. The van der Waals surface area contributed by atoms with Gasteiger partial charge in [-0.15, -0.1) is 11.3 Å². The Morgan fingerprint density at radius 1 is 1.91 bits per heavy atom. The number of thiazole rings is 1. The molecule has 1 heterocycles. The van der Waals surface area contributed by atoms with E-state index in [1.165, 1.54) is 24.5 Å². The molecule has 0 radical (unpaired) electrons. The van der Waals surface area contributed by atoms with Gasteiger partial charge in [-0.05, 0) is 6.92 Å². The van der Waals surface area contributed by atoms with Gasteiger partial charge in [0.2, 0.25) is 0 Å². The molecule has 0 saturated heterocycles. The average Bonchev–Trinajstić information content (AvgIpc) is 2.37. The highest BCUT2D eigenvalue weighted by atomic mass is 32.1. The van der Waals surface area contributed by atoms with Gasteiger partial charge in [0.15, 0.2) is 0 Å². The van der Waals surface area contributed by atoms with Crippen molar-refractivity contribution >= 4 is 17.3 Å². The first kappa shape index (κ1) is 8.16. The van der Waals surface area contributed by atoms with Crippen LogP contribution < -0.4 is 5.73 Å². The molecule has 5 heteroatoms. The second-order valence-electron chi connectivity index (χ2n) is 2.37. The van der Waals surface area contributed by atoms with Crippen molar-refractivity contribution < 1.29 is 9.90 Å². The standard InChI is InChI=1S/C6H8N2O2S/c1-6(7,5(9)10)4-2-8-3-11-4/h2-3H,7H2,1H3,(H,9,10)/t6-/m1/s1. The fourth-order valence-corrected chi connectivity index (χ4v) is 1.27. The highest BCUT2D eigenvalue weighted by Crippen LogP contribution is 2.20. The van der Waals surface area contributed by atoms with E-state index >= 15 is 0 Å². The summed E-state index contributed by atoms with van der Waals surface area (Å²) in [4.78, 5) is 14.9. The lowest BCUT2D eigenvalue weighted by atomic mass is 10.0. The Morgan fingerprint density at radius 2 is 2.55 bits per heavy atom. The molecule has 1 rings (SSSR count). The summed E-state index contributed by atoms with van der Waals surface area (Å²) in [6.07, 6.45) is 1.47. The van der Waals surface area contributed by atoms with Crippen LogP contribution in [-0.2, 0) is 10.3 Å². The summed E-state index contributed by atoms with van der Waals surface area (Å²) < 4.78 is 0. The third-order valence-electron chi connectivity index (χ3n) is 1.39. The Morgan fingerprint density at radius 3 is 2.91 bits per heavy atom. The van der Waals surface area contributed by atoms with E-state index in [1.807, 2.05) is 0 Å². The van der Waals surface area contributed by atoms with Gasteiger partial charge in [-0.2, -0.15) is 0 Å². The predicted octanol–water partition coefficient (Wildman–Crippen LogP) is 0.402. The maximum atomic E-state index is 10.6. The topological polar surface area (TPSA) is 76.2 Å². The number of rotatable bonds is 2. The van der Waals surface area contributed by atoms with Crippen LogP contribution in [0.25, 0.3) is 0 Å². The zero-order valence-corrected chi connectivity index (χ0v) is 6.76. The number of hydrogen-bond donors (Lipinski definition) is 2. The van der Waals surface area contributed by atoms with Crippen LogP contribution in [0.3, 0.4) is 0 Å². The summed E-state index contributed by atoms with van der Waals surface area (Å²) in [6.45, 7) is 1.45. The maximum Gasteiger partial charge on any atom is 0.328 e. The van der Waals surface area contributed by atoms with E-state index in [4.69, 9.17) is 10.8 Å². The largest absolute Gasteiger partial charge is 0.480 e. The van der Waals surface area contributed by atoms with Crippen molar-refractivity contribution in [1.82, 2.24) is 4.98 Å². The van der Waals surface area contributed by atoms with E-state index in [-0.39, 0.29) is 0 Å². The number of nitrogens with zero attached hydrogens (tertiary/aromatic N) is 1. The van der Waals surface area contributed by atoms with Crippen LogP contribution in [0.4, 0.5) is 0 Å². The molecular weight excluding hydrogens is 164 g/mol. The first-order chi connectivity index (χ1) is 5.05. The van der Waals surface area contributed by atoms with E-state index in [0.717, 1.165) is 0 Å². The highest BCUT2D eigenvalue weighted by Gasteiger charge is 2.31. The van der Waals surface area contributed by atoms with Crippen LogP contribution in [-0.4, -0.2) is 16.1 Å². The summed E-state index contributed by atoms with van der Waals surface area (Å²) >= 11 is 1.24. The van der Waals surface area contributed by atoms with E-state index < -0.39 is 11.5 Å². The van der Waals surface area contributed by atoms with E-state index in [0.29, 0.717) is 4.88 Å². The molecule has 60 valence electrons. The second kappa shape index (κ2) is 2.60. The summed E-state index contributed by atoms with van der Waals surface area (Å²) in [5.41, 5.74) is 5.75. The van der Waals surface area contributed by atoms with Gasteiger partial charge in [-0.1, -0.05) is 0 Å². The Bertz CT molecular complexity index is 256. The lowest BCUT2D eigenvalue weighted by Crippen LogP contribution is -2.40. The zero-order chi connectivity index (χ0) is 8.48. The number of aromatic nitrogens is 1. The second-order valence-corrected chi connectivity index (χ2v) is 3.26. The van der Waals surface area contributed by atoms with Gasteiger partial charge in [-0.3, -0.25) is 4.98 Å². The molecule has 11 heavy (non-hydrogen) atoms. The number of aliphatic carboxylic acids is 1. The zero-order valence-electron chi connectivity index (χ0n) is 5.94. The van der Waals surface area contributed by atoms with Crippen molar-refractivity contribution in [2.45, 2.75) is 12.5 Å². The van der Waals surface area contributed by atoms with Gasteiger partial charge in [0.05, 0.1) is 10.4 Å². The molecule has 0 aliphatic rings. The van der Waals surface area contributed by atoms with Gasteiger partial charge < -0.3 is 10.8 Å². The third kappa shape index (κ3) is 1.38. The van der Waals surface area contributed by atoms with Gasteiger partial charge in [-0.25, -0.2) is 4.79 Å². The third-order valence-corrected chi connectivity index (χ3v) is 2.40. The minimum absolute atomic E-state index is 0.560. The van der Waals surface area contributed by atoms with Crippen LogP contribution >= 0.6 is 11.3 Å². The quantitative estimate of drug-likeness (QED) is 0.677. The van der Waals surface area contributed by atoms with Crippen LogP contribution in [0.2, 0.25) is 0 Å². The monoisotopic (exact) mass is 172 g/mol. The van der Waals surface area contributed by atoms with Gasteiger partial charge in [0.1, 0.15) is 5.54 Å². The van der Waals surface area contributed by atoms with Crippen LogP contribution in [0.1, 0.15) is 11.8 Å². The van der Waals surface area contributed by atoms with Crippen molar-refractivity contribution in [2.75, 3.05) is 0 Å². The minimum Gasteiger partial charge on any atom is -0.480 e. The lowest BCUT2D eigenvalue weighted by molar-refractivity contribution is -0.142. The normalized spacial score (nSPS) is 15.8. The number of carboxylic acid groups (broad SMARTS) is 1. The first-order valence-electron chi connectivity index (χ1n) is 2.96. The molecule has 0 amide bonds. The minimum atomic E-state index is -1.30. The van der Waals surface area contributed by atoms with Crippen LogP contribution in [0, 0.1) is 0 Å². The Hall–Kier alpha value is -0.940. The molecule has 1 atom stereocenters. The molecule has 0 aliphatic heterocycles. The lowest BCUT2D eigenvalue weighted by Gasteiger charge is -2.15. The smallest absolute Gasteiger partial charge is 0.328 e. The number of nitrogens with two attached hydrogens (primary N) is 1. The van der Waals surface area contributed by atoms with Crippen molar-refractivity contribution in [3.05, 3.63) is 16.6 Å². The van der Waals surface area contributed by atoms with Crippen LogP contribution in [0.15, 0.2) is 11.7 Å². The molecular formula is C6H8N2O2S. The Kier molecular flexibility index (Phi) is 1.92. The van der Waals surface area contributed by atoms with Gasteiger partial charge in [0, 0.05) is 6.20 Å². The number of hydrogen-bond acceptors (Lipinski definition) is 4. The fraction of sp³-hybridized carbons (Fsp3) is 0.333. The molecule has 0 fully saturated rings. The van der Waals surface area contributed by atoms with E-state index in [2.05, 4.69) is 4.98 Å². The van der Waals surface area contributed by atoms with E-state index in [9.17, 15) is 4.79 Å². The number of carboxylic acids is 1. The summed E-state index contributed by atoms with van der Waals surface area (Å²) in [7, 11) is 0. The SMILES string of the molecule is C[C@](N)(C(=O)O)c1cncs1. The average molecular weight is 172 g/mol. The van der Waals surface area contributed by atoms with Gasteiger partial charge >= 0.3 is 5.97 Å². The van der Waals surface area contributed by atoms with Crippen molar-refractivity contribution in [3.63, 3.8) is 0 Å². The van der Waals surface area contributed by atoms with E-state index in [1.54, 1.807) is 5.51 Å². The summed E-state index contributed by atoms with van der Waals surface area (Å²) in [5.74, 6) is -1.04. The summed E-state index contributed by atoms with van der Waals surface area (Å²) in [5, 5.41) is 8.67. The molecule has 3 N–H and O–H groups in total. The van der Waals surface area contributed by atoms with Crippen molar-refractivity contribution in [1.29, 1.82) is 0 Å². The Balaban J connectivity index is 3.00. The molecule has 0 unspecified atom stereocenters. The molecule has 0 saturated carbocycles. The van der Waals surface area contributed by atoms with Crippen LogP contribution in [0.5, 0.6) is 0 Å². The van der Waals surface area contributed by atoms with Gasteiger partial charge in [0.25, 0.3) is 0 Å². The first-order valence-corrected chi connectivity index (χ1v) is 3.84.